The zero-order chi connectivity index (χ0) is 9.90. The van der Waals surface area contributed by atoms with Crippen molar-refractivity contribution in [3.05, 3.63) is 30.1 Å². The molecule has 0 aromatic carbocycles. The number of alkyl halides is 3. The quantitative estimate of drug-likeness (QED) is 0.774. The van der Waals surface area contributed by atoms with Gasteiger partial charge in [0.05, 0.1) is 6.42 Å². The summed E-state index contributed by atoms with van der Waals surface area (Å²) < 4.78 is 35.7. The third-order valence-corrected chi connectivity index (χ3v) is 1.56. The molecule has 1 aromatic rings. The van der Waals surface area contributed by atoms with Crippen molar-refractivity contribution in [2.75, 3.05) is 0 Å². The molecule has 13 heavy (non-hydrogen) atoms. The van der Waals surface area contributed by atoms with Crippen LogP contribution in [0.25, 0.3) is 0 Å². The van der Waals surface area contributed by atoms with Crippen LogP contribution >= 0.6 is 0 Å². The van der Waals surface area contributed by atoms with Gasteiger partial charge in [-0.25, -0.2) is 0 Å². The molecule has 0 bridgehead atoms. The Labute approximate surface area is 73.6 Å². The summed E-state index contributed by atoms with van der Waals surface area (Å²) in [6, 6.07) is 2.07. The van der Waals surface area contributed by atoms with Crippen molar-refractivity contribution in [2.24, 2.45) is 5.73 Å². The van der Waals surface area contributed by atoms with Crippen LogP contribution in [0.1, 0.15) is 18.0 Å². The molecule has 2 nitrogen and oxygen atoms in total. The van der Waals surface area contributed by atoms with E-state index in [1.54, 1.807) is 6.07 Å². The number of pyridine rings is 1. The fourth-order valence-electron chi connectivity index (χ4n) is 0.963. The highest BCUT2D eigenvalue weighted by Gasteiger charge is 2.30. The highest BCUT2D eigenvalue weighted by atomic mass is 19.4. The topological polar surface area (TPSA) is 38.9 Å². The maximum atomic E-state index is 11.9. The van der Waals surface area contributed by atoms with Crippen LogP contribution in [0.15, 0.2) is 24.5 Å². The Morgan fingerprint density at radius 1 is 1.46 bits per heavy atom. The second-order valence-corrected chi connectivity index (χ2v) is 2.71. The summed E-state index contributed by atoms with van der Waals surface area (Å²) in [5, 5.41) is 0. The molecule has 0 fully saturated rings. The minimum atomic E-state index is -4.23. The predicted octanol–water partition coefficient (Wildman–Crippen LogP) is 2.03. The van der Waals surface area contributed by atoms with E-state index >= 15 is 0 Å². The number of aromatic nitrogens is 1. The van der Waals surface area contributed by atoms with Crippen LogP contribution < -0.4 is 5.73 Å². The molecule has 1 atom stereocenters. The summed E-state index contributed by atoms with van der Waals surface area (Å²) in [4.78, 5) is 3.69. The molecule has 0 spiro atoms. The van der Waals surface area contributed by atoms with Gasteiger partial charge >= 0.3 is 6.18 Å². The van der Waals surface area contributed by atoms with E-state index in [0.717, 1.165) is 0 Å². The normalized spacial score (nSPS) is 14.2. The summed E-state index contributed by atoms with van der Waals surface area (Å²) in [6.45, 7) is 0. The van der Waals surface area contributed by atoms with Crippen molar-refractivity contribution in [3.8, 4) is 0 Å². The molecule has 0 amide bonds. The van der Waals surface area contributed by atoms with Gasteiger partial charge in [0.2, 0.25) is 0 Å². The standard InChI is InChI=1S/C8H9F3N2/c9-8(10,11)4-7(12)6-2-1-3-13-5-6/h1-3,5,7H,4,12H2. The highest BCUT2D eigenvalue weighted by molar-refractivity contribution is 5.13. The lowest BCUT2D eigenvalue weighted by Crippen LogP contribution is -2.20. The van der Waals surface area contributed by atoms with Gasteiger partial charge in [-0.3, -0.25) is 4.98 Å². The van der Waals surface area contributed by atoms with Crippen molar-refractivity contribution >= 4 is 0 Å². The molecule has 5 heteroatoms. The molecule has 0 aliphatic rings. The Balaban J connectivity index is 2.64. The zero-order valence-electron chi connectivity index (χ0n) is 6.75. The molecule has 0 saturated carbocycles. The second kappa shape index (κ2) is 3.74. The third kappa shape index (κ3) is 3.42. The summed E-state index contributed by atoms with van der Waals surface area (Å²) >= 11 is 0. The Hall–Kier alpha value is -1.10. The average molecular weight is 190 g/mol. The first-order valence-electron chi connectivity index (χ1n) is 3.71. The number of hydrogen-bond donors (Lipinski definition) is 1. The van der Waals surface area contributed by atoms with Crippen molar-refractivity contribution in [2.45, 2.75) is 18.6 Å². The van der Waals surface area contributed by atoms with Crippen molar-refractivity contribution in [1.29, 1.82) is 0 Å². The summed E-state index contributed by atoms with van der Waals surface area (Å²) in [5.41, 5.74) is 5.72. The SMILES string of the molecule is NC(CC(F)(F)F)c1cccnc1. The molecule has 72 valence electrons. The maximum absolute atomic E-state index is 11.9. The van der Waals surface area contributed by atoms with Crippen molar-refractivity contribution in [1.82, 2.24) is 4.98 Å². The first-order valence-corrected chi connectivity index (χ1v) is 3.71. The van der Waals surface area contributed by atoms with Crippen molar-refractivity contribution in [3.63, 3.8) is 0 Å². The molecule has 0 saturated heterocycles. The number of rotatable bonds is 2. The Bertz CT molecular complexity index is 258. The molecule has 1 rings (SSSR count). The van der Waals surface area contributed by atoms with Crippen LogP contribution in [0.2, 0.25) is 0 Å². The lowest BCUT2D eigenvalue weighted by molar-refractivity contribution is -0.138. The molecule has 1 aromatic heterocycles. The Kier molecular flexibility index (Phi) is 2.87. The van der Waals surface area contributed by atoms with Gasteiger partial charge in [0.25, 0.3) is 0 Å². The van der Waals surface area contributed by atoms with E-state index in [1.165, 1.54) is 18.5 Å². The maximum Gasteiger partial charge on any atom is 0.390 e. The fraction of sp³-hybridized carbons (Fsp3) is 0.375. The lowest BCUT2D eigenvalue weighted by Gasteiger charge is -2.13. The molecule has 1 heterocycles. The summed E-state index contributed by atoms with van der Waals surface area (Å²) in [7, 11) is 0. The lowest BCUT2D eigenvalue weighted by atomic mass is 10.1. The molecule has 0 aliphatic carbocycles. The molecule has 2 N–H and O–H groups in total. The van der Waals surface area contributed by atoms with Gasteiger partial charge in [-0.15, -0.1) is 0 Å². The fourth-order valence-corrected chi connectivity index (χ4v) is 0.963. The third-order valence-electron chi connectivity index (χ3n) is 1.56. The van der Waals surface area contributed by atoms with Gasteiger partial charge in [-0.05, 0) is 11.6 Å². The van der Waals surface area contributed by atoms with E-state index in [4.69, 9.17) is 5.73 Å². The predicted molar refractivity (Wildman–Crippen MR) is 41.8 cm³/mol. The Morgan fingerprint density at radius 2 is 2.15 bits per heavy atom. The van der Waals surface area contributed by atoms with Crippen LogP contribution in [-0.2, 0) is 0 Å². The van der Waals surface area contributed by atoms with Crippen LogP contribution in [0, 0.1) is 0 Å². The van der Waals surface area contributed by atoms with Gasteiger partial charge in [-0.1, -0.05) is 6.07 Å². The number of halogens is 3. The largest absolute Gasteiger partial charge is 0.390 e. The minimum absolute atomic E-state index is 0.403. The Morgan fingerprint density at radius 3 is 2.62 bits per heavy atom. The van der Waals surface area contributed by atoms with Crippen LogP contribution in [0.3, 0.4) is 0 Å². The average Bonchev–Trinajstić information content (AvgIpc) is 2.03. The van der Waals surface area contributed by atoms with Gasteiger partial charge in [0, 0.05) is 18.4 Å². The first kappa shape index (κ1) is 9.98. The molecule has 1 unspecified atom stereocenters. The van der Waals surface area contributed by atoms with E-state index in [-0.39, 0.29) is 0 Å². The van der Waals surface area contributed by atoms with E-state index in [2.05, 4.69) is 4.98 Å². The first-order chi connectivity index (χ1) is 5.99. The molecule has 0 aliphatic heterocycles. The molecule has 0 radical (unpaired) electrons. The van der Waals surface area contributed by atoms with E-state index in [0.29, 0.717) is 5.56 Å². The molecular formula is C8H9F3N2. The molecular weight excluding hydrogens is 181 g/mol. The van der Waals surface area contributed by atoms with Gasteiger partial charge in [-0.2, -0.15) is 13.2 Å². The summed E-state index contributed by atoms with van der Waals surface area (Å²) in [6.07, 6.45) is -2.41. The van der Waals surface area contributed by atoms with Crippen LogP contribution in [-0.4, -0.2) is 11.2 Å². The minimum Gasteiger partial charge on any atom is -0.324 e. The van der Waals surface area contributed by atoms with Gasteiger partial charge in [0.15, 0.2) is 0 Å². The monoisotopic (exact) mass is 190 g/mol. The van der Waals surface area contributed by atoms with Crippen LogP contribution in [0.4, 0.5) is 13.2 Å². The van der Waals surface area contributed by atoms with Gasteiger partial charge < -0.3 is 5.73 Å². The highest BCUT2D eigenvalue weighted by Crippen LogP contribution is 2.27. The van der Waals surface area contributed by atoms with Crippen LogP contribution in [0.5, 0.6) is 0 Å². The zero-order valence-corrected chi connectivity index (χ0v) is 6.75. The smallest absolute Gasteiger partial charge is 0.324 e. The van der Waals surface area contributed by atoms with E-state index in [1.807, 2.05) is 0 Å². The number of hydrogen-bond acceptors (Lipinski definition) is 2. The van der Waals surface area contributed by atoms with Gasteiger partial charge in [0.1, 0.15) is 0 Å². The van der Waals surface area contributed by atoms with Crippen molar-refractivity contribution < 1.29 is 13.2 Å². The second-order valence-electron chi connectivity index (χ2n) is 2.71. The summed E-state index contributed by atoms with van der Waals surface area (Å²) in [5.74, 6) is 0. The number of nitrogens with two attached hydrogens (primary N) is 1. The van der Waals surface area contributed by atoms with E-state index in [9.17, 15) is 13.2 Å². The number of nitrogens with zero attached hydrogens (tertiary/aromatic N) is 1. The van der Waals surface area contributed by atoms with E-state index < -0.39 is 18.6 Å².